The number of hydrogen-bond donors (Lipinski definition) is 1. The van der Waals surface area contributed by atoms with Crippen molar-refractivity contribution in [3.05, 3.63) is 65.5 Å². The van der Waals surface area contributed by atoms with E-state index in [4.69, 9.17) is 9.47 Å². The fourth-order valence-corrected chi connectivity index (χ4v) is 4.25. The van der Waals surface area contributed by atoms with Crippen molar-refractivity contribution in [2.24, 2.45) is 0 Å². The molecule has 9 nitrogen and oxygen atoms in total. The van der Waals surface area contributed by atoms with E-state index in [-0.39, 0.29) is 30.2 Å². The van der Waals surface area contributed by atoms with Gasteiger partial charge in [0.1, 0.15) is 11.5 Å². The van der Waals surface area contributed by atoms with E-state index in [1.807, 2.05) is 60.4 Å². The summed E-state index contributed by atoms with van der Waals surface area (Å²) in [6.07, 6.45) is 2.71. The van der Waals surface area contributed by atoms with Gasteiger partial charge >= 0.3 is 0 Å². The minimum Gasteiger partial charge on any atom is -0.497 e. The molecule has 1 unspecified atom stereocenters. The molecule has 1 fully saturated rings. The molecule has 1 aliphatic heterocycles. The number of amides is 2. The second-order valence-electron chi connectivity index (χ2n) is 8.49. The molecule has 4 rings (SSSR count). The molecule has 1 N–H and O–H groups in total. The molecule has 3 aromatic rings. The molecule has 0 radical (unpaired) electrons. The van der Waals surface area contributed by atoms with Gasteiger partial charge in [-0.15, -0.1) is 5.10 Å². The van der Waals surface area contributed by atoms with E-state index in [9.17, 15) is 9.59 Å². The van der Waals surface area contributed by atoms with Crippen LogP contribution in [0.15, 0.2) is 48.5 Å². The van der Waals surface area contributed by atoms with E-state index in [0.717, 1.165) is 37.2 Å². The number of para-hydroxylation sites is 1. The van der Waals surface area contributed by atoms with Crippen molar-refractivity contribution >= 4 is 11.8 Å². The van der Waals surface area contributed by atoms with Gasteiger partial charge in [0.15, 0.2) is 12.3 Å². The zero-order chi connectivity index (χ0) is 24.8. The van der Waals surface area contributed by atoms with Crippen molar-refractivity contribution in [3.63, 3.8) is 0 Å². The molecule has 2 amide bonds. The number of nitrogens with zero attached hydrogens (tertiary/aromatic N) is 4. The molecule has 35 heavy (non-hydrogen) atoms. The number of aromatic nitrogens is 3. The summed E-state index contributed by atoms with van der Waals surface area (Å²) in [5.74, 6) is 0.934. The first-order valence-electron chi connectivity index (χ1n) is 11.9. The third-order valence-corrected chi connectivity index (χ3v) is 6.23. The maximum absolute atomic E-state index is 13.2. The molecular formula is C26H31N5O4. The normalized spacial score (nSPS) is 14.0. The van der Waals surface area contributed by atoms with E-state index < -0.39 is 0 Å². The van der Waals surface area contributed by atoms with Crippen LogP contribution in [0.5, 0.6) is 11.5 Å². The van der Waals surface area contributed by atoms with E-state index >= 15 is 0 Å². The number of carbonyl (C=O) groups excluding carboxylic acids is 2. The lowest BCUT2D eigenvalue weighted by atomic mass is 10.0. The number of ether oxygens (including phenoxy) is 2. The second kappa shape index (κ2) is 11.0. The lowest BCUT2D eigenvalue weighted by Crippen LogP contribution is -2.33. The SMILES string of the molecule is CCC(NC(=O)c1nnn(-c2cccc(OC)c2)c1C)c1ccccc1OCC(=O)N1CCCC1. The van der Waals surface area contributed by atoms with E-state index in [1.54, 1.807) is 18.7 Å². The van der Waals surface area contributed by atoms with Gasteiger partial charge in [0.2, 0.25) is 0 Å². The van der Waals surface area contributed by atoms with Gasteiger partial charge in [-0.3, -0.25) is 9.59 Å². The van der Waals surface area contributed by atoms with E-state index in [1.165, 1.54) is 0 Å². The van der Waals surface area contributed by atoms with Crippen LogP contribution in [0.1, 0.15) is 54.0 Å². The van der Waals surface area contributed by atoms with Gasteiger partial charge in [-0.25, -0.2) is 4.68 Å². The summed E-state index contributed by atoms with van der Waals surface area (Å²) in [6.45, 7) is 5.34. The average Bonchev–Trinajstić information content (AvgIpc) is 3.56. The predicted molar refractivity (Wildman–Crippen MR) is 131 cm³/mol. The monoisotopic (exact) mass is 477 g/mol. The Labute approximate surface area is 205 Å². The number of nitrogens with one attached hydrogen (secondary N) is 1. The van der Waals surface area contributed by atoms with Crippen LogP contribution in [-0.4, -0.2) is 58.5 Å². The zero-order valence-electron chi connectivity index (χ0n) is 20.4. The van der Waals surface area contributed by atoms with Crippen molar-refractivity contribution in [1.82, 2.24) is 25.2 Å². The third kappa shape index (κ3) is 5.45. The van der Waals surface area contributed by atoms with Crippen LogP contribution in [0.2, 0.25) is 0 Å². The van der Waals surface area contributed by atoms with Crippen LogP contribution in [0.4, 0.5) is 0 Å². The number of benzene rings is 2. The molecule has 1 saturated heterocycles. The van der Waals surface area contributed by atoms with Crippen LogP contribution in [-0.2, 0) is 4.79 Å². The molecule has 1 atom stereocenters. The summed E-state index contributed by atoms with van der Waals surface area (Å²) in [5, 5.41) is 11.4. The van der Waals surface area contributed by atoms with Crippen molar-refractivity contribution < 1.29 is 19.1 Å². The third-order valence-electron chi connectivity index (χ3n) is 6.23. The highest BCUT2D eigenvalue weighted by Crippen LogP contribution is 2.28. The standard InChI is InChI=1S/C26H31N5O4/c1-4-22(21-12-5-6-13-23(21)35-17-24(32)30-14-7-8-15-30)27-26(33)25-18(2)31(29-28-25)19-10-9-11-20(16-19)34-3/h5-6,9-13,16,22H,4,7-8,14-15,17H2,1-3H3,(H,27,33). The smallest absolute Gasteiger partial charge is 0.274 e. The Morgan fingerprint density at radius 2 is 1.89 bits per heavy atom. The first-order valence-corrected chi connectivity index (χ1v) is 11.9. The summed E-state index contributed by atoms with van der Waals surface area (Å²) in [6, 6.07) is 14.6. The van der Waals surface area contributed by atoms with Gasteiger partial charge in [0.05, 0.1) is 24.5 Å². The van der Waals surface area contributed by atoms with Crippen LogP contribution >= 0.6 is 0 Å². The molecule has 9 heteroatoms. The molecule has 2 aromatic carbocycles. The van der Waals surface area contributed by atoms with Gasteiger partial charge in [-0.1, -0.05) is 36.4 Å². The number of hydrogen-bond acceptors (Lipinski definition) is 6. The van der Waals surface area contributed by atoms with Crippen molar-refractivity contribution in [1.29, 1.82) is 0 Å². The Hall–Kier alpha value is -3.88. The first-order chi connectivity index (χ1) is 17.0. The average molecular weight is 478 g/mol. The highest BCUT2D eigenvalue weighted by Gasteiger charge is 2.24. The Morgan fingerprint density at radius 1 is 1.11 bits per heavy atom. The lowest BCUT2D eigenvalue weighted by molar-refractivity contribution is -0.132. The summed E-state index contributed by atoms with van der Waals surface area (Å²) < 4.78 is 12.8. The summed E-state index contributed by atoms with van der Waals surface area (Å²) in [5.41, 5.74) is 2.43. The van der Waals surface area contributed by atoms with Gasteiger partial charge in [0, 0.05) is 24.7 Å². The van der Waals surface area contributed by atoms with Gasteiger partial charge < -0.3 is 19.7 Å². The molecule has 0 saturated carbocycles. The van der Waals surface area contributed by atoms with Crippen LogP contribution < -0.4 is 14.8 Å². The van der Waals surface area contributed by atoms with E-state index in [2.05, 4.69) is 15.6 Å². The van der Waals surface area contributed by atoms with Crippen LogP contribution in [0.25, 0.3) is 5.69 Å². The predicted octanol–water partition coefficient (Wildman–Crippen LogP) is 3.47. The maximum atomic E-state index is 13.2. The second-order valence-corrected chi connectivity index (χ2v) is 8.49. The van der Waals surface area contributed by atoms with E-state index in [0.29, 0.717) is 23.6 Å². The topological polar surface area (TPSA) is 98.6 Å². The highest BCUT2D eigenvalue weighted by atomic mass is 16.5. The number of likely N-dealkylation sites (tertiary alicyclic amines) is 1. The minimum atomic E-state index is -0.327. The minimum absolute atomic E-state index is 0.0147. The van der Waals surface area contributed by atoms with Crippen molar-refractivity contribution in [3.8, 4) is 17.2 Å². The molecule has 0 aliphatic carbocycles. The van der Waals surface area contributed by atoms with Gasteiger partial charge in [-0.05, 0) is 44.4 Å². The Balaban J connectivity index is 1.48. The Kier molecular flexibility index (Phi) is 7.64. The van der Waals surface area contributed by atoms with Gasteiger partial charge in [-0.2, -0.15) is 0 Å². The highest BCUT2D eigenvalue weighted by molar-refractivity contribution is 5.93. The van der Waals surface area contributed by atoms with Crippen LogP contribution in [0, 0.1) is 6.92 Å². The first kappa shape index (κ1) is 24.3. The number of carbonyl (C=O) groups is 2. The summed E-state index contributed by atoms with van der Waals surface area (Å²) >= 11 is 0. The molecular weight excluding hydrogens is 446 g/mol. The van der Waals surface area contributed by atoms with Crippen molar-refractivity contribution in [2.75, 3.05) is 26.8 Å². The van der Waals surface area contributed by atoms with Gasteiger partial charge in [0.25, 0.3) is 11.8 Å². The van der Waals surface area contributed by atoms with Crippen LogP contribution in [0.3, 0.4) is 0 Å². The number of methoxy groups -OCH3 is 1. The largest absolute Gasteiger partial charge is 0.497 e. The Morgan fingerprint density at radius 3 is 2.63 bits per heavy atom. The Bertz CT molecular complexity index is 1190. The van der Waals surface area contributed by atoms with Crippen molar-refractivity contribution in [2.45, 2.75) is 39.2 Å². The number of rotatable bonds is 9. The molecule has 1 aromatic heterocycles. The molecule has 184 valence electrons. The summed E-state index contributed by atoms with van der Waals surface area (Å²) in [7, 11) is 1.60. The zero-order valence-corrected chi connectivity index (χ0v) is 20.4. The lowest BCUT2D eigenvalue weighted by Gasteiger charge is -2.21. The fourth-order valence-electron chi connectivity index (χ4n) is 4.25. The molecule has 0 bridgehead atoms. The maximum Gasteiger partial charge on any atom is 0.274 e. The molecule has 1 aliphatic rings. The quantitative estimate of drug-likeness (QED) is 0.507. The fraction of sp³-hybridized carbons (Fsp3) is 0.385. The molecule has 0 spiro atoms. The summed E-state index contributed by atoms with van der Waals surface area (Å²) in [4.78, 5) is 27.4. The molecule has 2 heterocycles.